The van der Waals surface area contributed by atoms with Gasteiger partial charge in [-0.05, 0) is 25.6 Å². The van der Waals surface area contributed by atoms with Gasteiger partial charge in [0.05, 0.1) is 5.52 Å². The molecule has 0 bridgehead atoms. The molecule has 2 aromatic heterocycles. The van der Waals surface area contributed by atoms with Gasteiger partial charge in [0, 0.05) is 17.8 Å². The summed E-state index contributed by atoms with van der Waals surface area (Å²) in [5.74, 6) is 1.18. The molecule has 0 saturated heterocycles. The Morgan fingerprint density at radius 3 is 2.81 bits per heavy atom. The van der Waals surface area contributed by atoms with Crippen molar-refractivity contribution in [2.75, 3.05) is 7.05 Å². The van der Waals surface area contributed by atoms with E-state index in [4.69, 9.17) is 4.52 Å². The van der Waals surface area contributed by atoms with Crippen LogP contribution in [0.5, 0.6) is 0 Å². The standard InChI is InChI=1S/C16H18N4O/c1-3-12(17-2)10-15-19-16(20-21-15)14-9-8-11-6-4-5-7-13(11)18-14/h4-9,12,17H,3,10H2,1-2H3. The molecule has 0 amide bonds. The smallest absolute Gasteiger partial charge is 0.228 e. The third-order valence-corrected chi connectivity index (χ3v) is 3.62. The summed E-state index contributed by atoms with van der Waals surface area (Å²) in [7, 11) is 1.94. The van der Waals surface area contributed by atoms with E-state index in [2.05, 4.69) is 27.4 Å². The molecule has 2 heterocycles. The maximum absolute atomic E-state index is 5.32. The minimum absolute atomic E-state index is 0.350. The van der Waals surface area contributed by atoms with Crippen LogP contribution in [0.4, 0.5) is 0 Å². The number of likely N-dealkylation sites (N-methyl/N-ethyl adjacent to an activating group) is 1. The molecule has 0 fully saturated rings. The Morgan fingerprint density at radius 1 is 1.14 bits per heavy atom. The quantitative estimate of drug-likeness (QED) is 0.779. The Morgan fingerprint density at radius 2 is 2.00 bits per heavy atom. The fourth-order valence-electron chi connectivity index (χ4n) is 2.29. The van der Waals surface area contributed by atoms with Gasteiger partial charge in [-0.25, -0.2) is 4.98 Å². The molecule has 5 nitrogen and oxygen atoms in total. The van der Waals surface area contributed by atoms with Gasteiger partial charge in [0.1, 0.15) is 5.69 Å². The lowest BCUT2D eigenvalue weighted by Crippen LogP contribution is -2.26. The Hall–Kier alpha value is -2.27. The minimum Gasteiger partial charge on any atom is -0.339 e. The summed E-state index contributed by atoms with van der Waals surface area (Å²) in [5, 5.41) is 8.37. The van der Waals surface area contributed by atoms with Gasteiger partial charge in [-0.1, -0.05) is 36.3 Å². The predicted molar refractivity (Wildman–Crippen MR) is 81.9 cm³/mol. The first kappa shape index (κ1) is 13.7. The zero-order valence-corrected chi connectivity index (χ0v) is 12.2. The van der Waals surface area contributed by atoms with Crippen LogP contribution in [-0.4, -0.2) is 28.2 Å². The Balaban J connectivity index is 1.87. The third-order valence-electron chi connectivity index (χ3n) is 3.62. The van der Waals surface area contributed by atoms with E-state index in [-0.39, 0.29) is 0 Å². The molecule has 21 heavy (non-hydrogen) atoms. The van der Waals surface area contributed by atoms with Crippen molar-refractivity contribution in [3.05, 3.63) is 42.3 Å². The van der Waals surface area contributed by atoms with Crippen LogP contribution in [-0.2, 0) is 6.42 Å². The largest absolute Gasteiger partial charge is 0.339 e. The lowest BCUT2D eigenvalue weighted by molar-refractivity contribution is 0.359. The van der Waals surface area contributed by atoms with Gasteiger partial charge in [-0.15, -0.1) is 0 Å². The third kappa shape index (κ3) is 2.92. The van der Waals surface area contributed by atoms with Crippen molar-refractivity contribution >= 4 is 10.9 Å². The second-order valence-electron chi connectivity index (χ2n) is 5.00. The fourth-order valence-corrected chi connectivity index (χ4v) is 2.29. The highest BCUT2D eigenvalue weighted by molar-refractivity contribution is 5.80. The van der Waals surface area contributed by atoms with E-state index >= 15 is 0 Å². The minimum atomic E-state index is 0.350. The number of nitrogens with zero attached hydrogens (tertiary/aromatic N) is 3. The van der Waals surface area contributed by atoms with Crippen LogP contribution in [0.3, 0.4) is 0 Å². The molecule has 1 N–H and O–H groups in total. The maximum atomic E-state index is 5.32. The normalized spacial score (nSPS) is 12.7. The number of hydrogen-bond donors (Lipinski definition) is 1. The SMILES string of the molecule is CCC(Cc1nc(-c2ccc3ccccc3n2)no1)NC. The van der Waals surface area contributed by atoms with E-state index in [1.54, 1.807) is 0 Å². The average molecular weight is 282 g/mol. The van der Waals surface area contributed by atoms with Crippen LogP contribution in [0, 0.1) is 0 Å². The highest BCUT2D eigenvalue weighted by Gasteiger charge is 2.13. The highest BCUT2D eigenvalue weighted by Crippen LogP contribution is 2.19. The first-order valence-corrected chi connectivity index (χ1v) is 7.16. The van der Waals surface area contributed by atoms with Crippen molar-refractivity contribution in [3.8, 4) is 11.5 Å². The number of nitrogens with one attached hydrogen (secondary N) is 1. The fraction of sp³-hybridized carbons (Fsp3) is 0.312. The van der Waals surface area contributed by atoms with Crippen LogP contribution in [0.2, 0.25) is 0 Å². The molecular formula is C16H18N4O. The van der Waals surface area contributed by atoms with E-state index in [0.29, 0.717) is 17.8 Å². The summed E-state index contributed by atoms with van der Waals surface area (Å²) in [6, 6.07) is 12.3. The zero-order valence-electron chi connectivity index (χ0n) is 12.2. The molecular weight excluding hydrogens is 264 g/mol. The summed E-state index contributed by atoms with van der Waals surface area (Å²) in [5.41, 5.74) is 1.67. The number of pyridine rings is 1. The lowest BCUT2D eigenvalue weighted by Gasteiger charge is -2.09. The molecule has 0 aliphatic carbocycles. The van der Waals surface area contributed by atoms with Crippen molar-refractivity contribution in [1.29, 1.82) is 0 Å². The Labute approximate surface area is 123 Å². The van der Waals surface area contributed by atoms with Crippen molar-refractivity contribution in [2.45, 2.75) is 25.8 Å². The van der Waals surface area contributed by atoms with Gasteiger partial charge in [0.2, 0.25) is 11.7 Å². The van der Waals surface area contributed by atoms with Gasteiger partial charge in [-0.3, -0.25) is 0 Å². The van der Waals surface area contributed by atoms with E-state index < -0.39 is 0 Å². The number of fused-ring (bicyclic) bond motifs is 1. The van der Waals surface area contributed by atoms with Crippen molar-refractivity contribution in [3.63, 3.8) is 0 Å². The van der Waals surface area contributed by atoms with E-state index in [1.807, 2.05) is 43.4 Å². The van der Waals surface area contributed by atoms with Gasteiger partial charge >= 0.3 is 0 Å². The molecule has 108 valence electrons. The summed E-state index contributed by atoms with van der Waals surface area (Å²) in [4.78, 5) is 9.02. The first-order valence-electron chi connectivity index (χ1n) is 7.16. The first-order chi connectivity index (χ1) is 10.3. The summed E-state index contributed by atoms with van der Waals surface area (Å²) in [6.07, 6.45) is 1.75. The molecule has 0 spiro atoms. The second kappa shape index (κ2) is 6.01. The monoisotopic (exact) mass is 282 g/mol. The van der Waals surface area contributed by atoms with Crippen LogP contribution >= 0.6 is 0 Å². The summed E-state index contributed by atoms with van der Waals surface area (Å²) in [6.45, 7) is 2.13. The summed E-state index contributed by atoms with van der Waals surface area (Å²) >= 11 is 0. The average Bonchev–Trinajstić information content (AvgIpc) is 3.00. The lowest BCUT2D eigenvalue weighted by atomic mass is 10.1. The van der Waals surface area contributed by atoms with Crippen LogP contribution in [0.1, 0.15) is 19.2 Å². The molecule has 1 atom stereocenters. The van der Waals surface area contributed by atoms with E-state index in [9.17, 15) is 0 Å². The topological polar surface area (TPSA) is 63.8 Å². The second-order valence-corrected chi connectivity index (χ2v) is 5.00. The Bertz CT molecular complexity index is 734. The molecule has 0 aliphatic heterocycles. The number of aromatic nitrogens is 3. The van der Waals surface area contributed by atoms with E-state index in [1.165, 1.54) is 0 Å². The van der Waals surface area contributed by atoms with Crippen LogP contribution in [0.15, 0.2) is 40.9 Å². The number of para-hydroxylation sites is 1. The zero-order chi connectivity index (χ0) is 14.7. The van der Waals surface area contributed by atoms with Crippen molar-refractivity contribution in [1.82, 2.24) is 20.4 Å². The predicted octanol–water partition coefficient (Wildman–Crippen LogP) is 2.83. The highest BCUT2D eigenvalue weighted by atomic mass is 16.5. The molecule has 3 aromatic rings. The number of benzene rings is 1. The number of hydrogen-bond acceptors (Lipinski definition) is 5. The molecule has 3 rings (SSSR count). The maximum Gasteiger partial charge on any atom is 0.228 e. The van der Waals surface area contributed by atoms with E-state index in [0.717, 1.165) is 29.4 Å². The van der Waals surface area contributed by atoms with Crippen molar-refractivity contribution < 1.29 is 4.52 Å². The molecule has 0 radical (unpaired) electrons. The molecule has 0 saturated carbocycles. The van der Waals surface area contributed by atoms with Gasteiger partial charge in [0.15, 0.2) is 0 Å². The Kier molecular flexibility index (Phi) is 3.92. The molecule has 5 heteroatoms. The van der Waals surface area contributed by atoms with Gasteiger partial charge in [0.25, 0.3) is 0 Å². The van der Waals surface area contributed by atoms with Gasteiger partial charge < -0.3 is 9.84 Å². The molecule has 1 unspecified atom stereocenters. The molecule has 0 aliphatic rings. The molecule has 1 aromatic carbocycles. The van der Waals surface area contributed by atoms with Crippen molar-refractivity contribution in [2.24, 2.45) is 0 Å². The van der Waals surface area contributed by atoms with Crippen LogP contribution < -0.4 is 5.32 Å². The van der Waals surface area contributed by atoms with Gasteiger partial charge in [-0.2, -0.15) is 4.98 Å². The number of rotatable bonds is 5. The van der Waals surface area contributed by atoms with Crippen LogP contribution in [0.25, 0.3) is 22.4 Å². The summed E-state index contributed by atoms with van der Waals surface area (Å²) < 4.78 is 5.32.